The smallest absolute Gasteiger partial charge is 0.234 e. The van der Waals surface area contributed by atoms with Crippen molar-refractivity contribution in [3.63, 3.8) is 0 Å². The van der Waals surface area contributed by atoms with Crippen LogP contribution in [0.15, 0.2) is 47.6 Å². The van der Waals surface area contributed by atoms with E-state index in [0.29, 0.717) is 16.9 Å². The minimum Gasteiger partial charge on any atom is -0.323 e. The third-order valence-electron chi connectivity index (χ3n) is 4.21. The van der Waals surface area contributed by atoms with Crippen molar-refractivity contribution in [1.29, 1.82) is 0 Å². The zero-order valence-electron chi connectivity index (χ0n) is 15.7. The van der Waals surface area contributed by atoms with Crippen LogP contribution in [0.2, 0.25) is 0 Å². The van der Waals surface area contributed by atoms with Gasteiger partial charge in [0.15, 0.2) is 11.0 Å². The fourth-order valence-electron chi connectivity index (χ4n) is 2.62. The van der Waals surface area contributed by atoms with Crippen molar-refractivity contribution in [3.05, 3.63) is 59.7 Å². The molecule has 28 heavy (non-hydrogen) atoms. The molecule has 0 unspecified atom stereocenters. The van der Waals surface area contributed by atoms with Gasteiger partial charge >= 0.3 is 0 Å². The first-order valence-electron chi connectivity index (χ1n) is 8.72. The van der Waals surface area contributed by atoms with Crippen LogP contribution in [0.4, 0.5) is 14.5 Å². The molecule has 0 aliphatic heterocycles. The molecule has 1 heterocycles. The molecule has 146 valence electrons. The first-order valence-corrected chi connectivity index (χ1v) is 9.71. The molecular formula is C20H20F2N4OS. The van der Waals surface area contributed by atoms with Gasteiger partial charge in [-0.1, -0.05) is 49.9 Å². The van der Waals surface area contributed by atoms with E-state index >= 15 is 0 Å². The monoisotopic (exact) mass is 402 g/mol. The number of anilines is 1. The molecule has 0 radical (unpaired) electrons. The highest BCUT2D eigenvalue weighted by molar-refractivity contribution is 7.99. The predicted octanol–water partition coefficient (Wildman–Crippen LogP) is 4.61. The van der Waals surface area contributed by atoms with Crippen molar-refractivity contribution in [1.82, 2.24) is 14.8 Å². The Kier molecular flexibility index (Phi) is 6.08. The maximum atomic E-state index is 13.6. The summed E-state index contributed by atoms with van der Waals surface area (Å²) >= 11 is 1.19. The lowest BCUT2D eigenvalue weighted by atomic mass is 10.0. The molecule has 0 atom stereocenters. The summed E-state index contributed by atoms with van der Waals surface area (Å²) in [6.07, 6.45) is 0. The Morgan fingerprint density at radius 1 is 1.14 bits per heavy atom. The normalized spacial score (nSPS) is 11.1. The summed E-state index contributed by atoms with van der Waals surface area (Å²) in [4.78, 5) is 12.1. The minimum atomic E-state index is -0.816. The van der Waals surface area contributed by atoms with Crippen molar-refractivity contribution >= 4 is 23.4 Å². The predicted molar refractivity (Wildman–Crippen MR) is 106 cm³/mol. The molecule has 3 aromatic rings. The van der Waals surface area contributed by atoms with Crippen molar-refractivity contribution in [2.24, 2.45) is 7.05 Å². The van der Waals surface area contributed by atoms with Gasteiger partial charge in [-0.3, -0.25) is 4.79 Å². The van der Waals surface area contributed by atoms with Crippen molar-refractivity contribution in [2.75, 3.05) is 11.1 Å². The van der Waals surface area contributed by atoms with E-state index in [0.717, 1.165) is 17.7 Å². The first kappa shape index (κ1) is 20.0. The molecular weight excluding hydrogens is 382 g/mol. The van der Waals surface area contributed by atoms with Gasteiger partial charge < -0.3 is 9.88 Å². The zero-order valence-corrected chi connectivity index (χ0v) is 16.6. The lowest BCUT2D eigenvalue weighted by molar-refractivity contribution is -0.113. The summed E-state index contributed by atoms with van der Waals surface area (Å²) in [6, 6.07) is 11.1. The lowest BCUT2D eigenvalue weighted by Gasteiger charge is -2.08. The van der Waals surface area contributed by atoms with E-state index in [9.17, 15) is 13.6 Å². The van der Waals surface area contributed by atoms with Gasteiger partial charge in [-0.05, 0) is 23.6 Å². The summed E-state index contributed by atoms with van der Waals surface area (Å²) in [5.41, 5.74) is 2.12. The van der Waals surface area contributed by atoms with Crippen LogP contribution in [-0.2, 0) is 11.8 Å². The third kappa shape index (κ3) is 4.56. The van der Waals surface area contributed by atoms with Crippen LogP contribution >= 0.6 is 11.8 Å². The summed E-state index contributed by atoms with van der Waals surface area (Å²) in [5.74, 6) is -0.759. The Balaban J connectivity index is 1.64. The molecule has 2 aromatic carbocycles. The number of rotatable bonds is 6. The van der Waals surface area contributed by atoms with Crippen molar-refractivity contribution < 1.29 is 13.6 Å². The van der Waals surface area contributed by atoms with Crippen molar-refractivity contribution in [2.45, 2.75) is 24.9 Å². The van der Waals surface area contributed by atoms with Crippen LogP contribution < -0.4 is 5.32 Å². The van der Waals surface area contributed by atoms with Gasteiger partial charge in [-0.2, -0.15) is 0 Å². The summed E-state index contributed by atoms with van der Waals surface area (Å²) in [7, 11) is 1.82. The van der Waals surface area contributed by atoms with Crippen LogP contribution in [-0.4, -0.2) is 26.4 Å². The summed E-state index contributed by atoms with van der Waals surface area (Å²) in [6.45, 7) is 4.27. The topological polar surface area (TPSA) is 59.8 Å². The molecule has 0 spiro atoms. The van der Waals surface area contributed by atoms with Gasteiger partial charge in [0.2, 0.25) is 5.91 Å². The number of amides is 1. The summed E-state index contributed by atoms with van der Waals surface area (Å²) < 4.78 is 28.4. The second-order valence-electron chi connectivity index (χ2n) is 6.60. The van der Waals surface area contributed by atoms with Gasteiger partial charge in [0.1, 0.15) is 11.6 Å². The van der Waals surface area contributed by atoms with Crippen LogP contribution in [0, 0.1) is 11.6 Å². The standard InChI is InChI=1S/C20H20F2N4OS/c1-12(2)13-4-6-14(7-5-13)19-24-25-20(26(19)3)28-11-18(27)23-17-9-8-15(21)10-16(17)22/h4-10,12H,11H2,1-3H3,(H,23,27). The van der Waals surface area contributed by atoms with Crippen LogP contribution in [0.5, 0.6) is 0 Å². The molecule has 0 aliphatic rings. The average molecular weight is 402 g/mol. The van der Waals surface area contributed by atoms with Gasteiger partial charge in [0.25, 0.3) is 0 Å². The molecule has 1 N–H and O–H groups in total. The number of hydrogen-bond donors (Lipinski definition) is 1. The molecule has 0 saturated carbocycles. The number of aromatic nitrogens is 3. The molecule has 5 nitrogen and oxygen atoms in total. The van der Waals surface area contributed by atoms with Gasteiger partial charge in [-0.25, -0.2) is 8.78 Å². The molecule has 0 aliphatic carbocycles. The second-order valence-corrected chi connectivity index (χ2v) is 7.55. The Morgan fingerprint density at radius 3 is 2.50 bits per heavy atom. The molecule has 1 amide bonds. The molecule has 0 bridgehead atoms. The third-order valence-corrected chi connectivity index (χ3v) is 5.23. The molecule has 8 heteroatoms. The quantitative estimate of drug-likeness (QED) is 0.612. The van der Waals surface area contributed by atoms with E-state index in [-0.39, 0.29) is 11.4 Å². The molecule has 0 fully saturated rings. The fraction of sp³-hybridized carbons (Fsp3) is 0.250. The summed E-state index contributed by atoms with van der Waals surface area (Å²) in [5, 5.41) is 11.3. The molecule has 0 saturated heterocycles. The minimum absolute atomic E-state index is 0.0229. The van der Waals surface area contributed by atoms with E-state index in [1.807, 2.05) is 19.2 Å². The van der Waals surface area contributed by atoms with E-state index in [1.165, 1.54) is 23.4 Å². The first-order chi connectivity index (χ1) is 13.3. The fourth-order valence-corrected chi connectivity index (χ4v) is 3.33. The average Bonchev–Trinajstić information content (AvgIpc) is 3.03. The van der Waals surface area contributed by atoms with E-state index < -0.39 is 17.5 Å². The number of thioether (sulfide) groups is 1. The van der Waals surface area contributed by atoms with E-state index in [4.69, 9.17) is 0 Å². The number of carbonyl (C=O) groups excluding carboxylic acids is 1. The van der Waals surface area contributed by atoms with Crippen LogP contribution in [0.3, 0.4) is 0 Å². The highest BCUT2D eigenvalue weighted by Gasteiger charge is 2.14. The Bertz CT molecular complexity index is 986. The molecule has 3 rings (SSSR count). The highest BCUT2D eigenvalue weighted by atomic mass is 32.2. The maximum absolute atomic E-state index is 13.6. The number of nitrogens with one attached hydrogen (secondary N) is 1. The number of benzene rings is 2. The van der Waals surface area contributed by atoms with Crippen LogP contribution in [0.1, 0.15) is 25.3 Å². The SMILES string of the molecule is CC(C)c1ccc(-c2nnc(SCC(=O)Nc3ccc(F)cc3F)n2C)cc1. The number of hydrogen-bond acceptors (Lipinski definition) is 4. The molecule has 1 aromatic heterocycles. The van der Waals surface area contributed by atoms with Gasteiger partial charge in [0, 0.05) is 18.7 Å². The highest BCUT2D eigenvalue weighted by Crippen LogP contribution is 2.25. The Morgan fingerprint density at radius 2 is 1.86 bits per heavy atom. The van der Waals surface area contributed by atoms with Gasteiger partial charge in [-0.15, -0.1) is 10.2 Å². The number of halogens is 2. The van der Waals surface area contributed by atoms with Crippen molar-refractivity contribution in [3.8, 4) is 11.4 Å². The Hall–Kier alpha value is -2.74. The van der Waals surface area contributed by atoms with Gasteiger partial charge in [0.05, 0.1) is 11.4 Å². The number of nitrogens with zero attached hydrogens (tertiary/aromatic N) is 3. The zero-order chi connectivity index (χ0) is 20.3. The number of carbonyl (C=O) groups is 1. The largest absolute Gasteiger partial charge is 0.323 e. The van der Waals surface area contributed by atoms with Crippen LogP contribution in [0.25, 0.3) is 11.4 Å². The Labute approximate surface area is 166 Å². The lowest BCUT2D eigenvalue weighted by Crippen LogP contribution is -2.15. The second kappa shape index (κ2) is 8.52. The van der Waals surface area contributed by atoms with E-state index in [1.54, 1.807) is 4.57 Å². The van der Waals surface area contributed by atoms with E-state index in [2.05, 4.69) is 41.5 Å². The maximum Gasteiger partial charge on any atom is 0.234 e.